The first-order chi connectivity index (χ1) is 17.6. The number of benzene rings is 3. The molecule has 36 heavy (non-hydrogen) atoms. The van der Waals surface area contributed by atoms with Crippen molar-refractivity contribution in [3.8, 4) is 46.0 Å². The second-order valence-corrected chi connectivity index (χ2v) is 8.24. The molecule has 9 nitrogen and oxygen atoms in total. The van der Waals surface area contributed by atoms with Crippen molar-refractivity contribution in [2.75, 3.05) is 21.3 Å². The Labute approximate surface area is 206 Å². The van der Waals surface area contributed by atoms with Crippen LogP contribution in [-0.2, 0) is 0 Å². The van der Waals surface area contributed by atoms with Crippen molar-refractivity contribution >= 4 is 5.65 Å². The number of phenols is 1. The molecule has 9 heteroatoms. The number of fused-ring (bicyclic) bond motifs is 4. The average molecular weight is 482 g/mol. The van der Waals surface area contributed by atoms with Gasteiger partial charge >= 0.3 is 0 Å². The molecule has 2 aromatic heterocycles. The number of para-hydroxylation sites is 1. The van der Waals surface area contributed by atoms with Crippen molar-refractivity contribution in [3.05, 3.63) is 83.7 Å². The Hall–Kier alpha value is -4.79. The van der Waals surface area contributed by atoms with Crippen LogP contribution in [0.1, 0.15) is 22.6 Å². The maximum atomic E-state index is 10.1. The normalized spacial score (nSPS) is 14.0. The minimum absolute atomic E-state index is 0.102. The fourth-order valence-corrected chi connectivity index (χ4v) is 4.63. The van der Waals surface area contributed by atoms with Crippen LogP contribution >= 0.6 is 0 Å². The Morgan fingerprint density at radius 2 is 1.69 bits per heavy atom. The van der Waals surface area contributed by atoms with Crippen LogP contribution in [0.4, 0.5) is 0 Å². The highest BCUT2D eigenvalue weighted by atomic mass is 16.5. The molecular weight excluding hydrogens is 460 g/mol. The molecule has 0 spiro atoms. The van der Waals surface area contributed by atoms with Crippen LogP contribution in [0.5, 0.6) is 34.6 Å². The van der Waals surface area contributed by atoms with Crippen molar-refractivity contribution in [2.24, 2.45) is 0 Å². The van der Waals surface area contributed by atoms with E-state index < -0.39 is 0 Å². The van der Waals surface area contributed by atoms with E-state index in [1.165, 1.54) is 0 Å². The second kappa shape index (κ2) is 8.46. The molecule has 0 unspecified atom stereocenters. The van der Waals surface area contributed by atoms with Gasteiger partial charge in [0.1, 0.15) is 23.6 Å². The van der Waals surface area contributed by atoms with E-state index in [0.29, 0.717) is 40.3 Å². The molecule has 6 rings (SSSR count). The van der Waals surface area contributed by atoms with Crippen LogP contribution in [-0.4, -0.2) is 46.0 Å². The Morgan fingerprint density at radius 3 is 2.50 bits per heavy atom. The predicted octanol–water partition coefficient (Wildman–Crippen LogP) is 4.81. The van der Waals surface area contributed by atoms with Crippen molar-refractivity contribution in [3.63, 3.8) is 0 Å². The van der Waals surface area contributed by atoms with Crippen molar-refractivity contribution in [1.29, 1.82) is 0 Å². The third-order valence-corrected chi connectivity index (χ3v) is 6.28. The molecule has 1 N–H and O–H groups in total. The van der Waals surface area contributed by atoms with E-state index in [-0.39, 0.29) is 11.7 Å². The molecule has 180 valence electrons. The summed E-state index contributed by atoms with van der Waals surface area (Å²) in [5.74, 6) is 3.08. The first-order valence-electron chi connectivity index (χ1n) is 11.2. The molecule has 3 heterocycles. The van der Waals surface area contributed by atoms with Crippen LogP contribution in [0.2, 0.25) is 0 Å². The lowest BCUT2D eigenvalue weighted by Gasteiger charge is -2.28. The van der Waals surface area contributed by atoms with Gasteiger partial charge in [-0.05, 0) is 35.9 Å². The zero-order valence-electron chi connectivity index (χ0n) is 19.8. The molecule has 0 saturated heterocycles. The van der Waals surface area contributed by atoms with Gasteiger partial charge in [-0.1, -0.05) is 24.3 Å². The molecule has 3 aromatic carbocycles. The summed E-state index contributed by atoms with van der Waals surface area (Å²) in [6, 6.07) is 18.4. The third-order valence-electron chi connectivity index (χ3n) is 6.28. The molecule has 0 aliphatic carbocycles. The summed E-state index contributed by atoms with van der Waals surface area (Å²) in [6.07, 6.45) is 1.57. The SMILES string of the molecule is COc1ccc([C@H]2c3ccc(O)cc3Oc3ncn4nc(-c5ccccc5OC)nc4c32)cc1OC. The van der Waals surface area contributed by atoms with Crippen LogP contribution in [0.15, 0.2) is 67.0 Å². The van der Waals surface area contributed by atoms with Gasteiger partial charge in [0.15, 0.2) is 23.0 Å². The lowest BCUT2D eigenvalue weighted by molar-refractivity contribution is 0.354. The Balaban J connectivity index is 1.61. The maximum Gasteiger partial charge on any atom is 0.228 e. The number of ether oxygens (including phenoxy) is 4. The zero-order chi connectivity index (χ0) is 24.8. The van der Waals surface area contributed by atoms with E-state index >= 15 is 0 Å². The van der Waals surface area contributed by atoms with Crippen LogP contribution < -0.4 is 18.9 Å². The van der Waals surface area contributed by atoms with E-state index in [0.717, 1.165) is 22.3 Å². The van der Waals surface area contributed by atoms with Crippen LogP contribution in [0, 0.1) is 0 Å². The lowest BCUT2D eigenvalue weighted by Crippen LogP contribution is -2.15. The number of aromatic nitrogens is 4. The number of methoxy groups -OCH3 is 3. The standard InChI is InChI=1S/C27H22N4O5/c1-33-19-7-5-4-6-18(19)25-29-26-24-23(15-8-11-20(34-2)22(12-15)35-3)17-10-9-16(32)13-21(17)36-27(24)28-14-31(26)30-25/h4-14,23,32H,1-3H3/t23-/m0/s1. The minimum atomic E-state index is -0.324. The number of hydrogen-bond acceptors (Lipinski definition) is 8. The number of rotatable bonds is 5. The van der Waals surface area contributed by atoms with Crippen LogP contribution in [0.3, 0.4) is 0 Å². The summed E-state index contributed by atoms with van der Waals surface area (Å²) >= 11 is 0. The van der Waals surface area contributed by atoms with E-state index in [2.05, 4.69) is 10.1 Å². The molecule has 0 saturated carbocycles. The molecule has 0 bridgehead atoms. The van der Waals surface area contributed by atoms with Crippen molar-refractivity contribution in [2.45, 2.75) is 5.92 Å². The largest absolute Gasteiger partial charge is 0.508 e. The Morgan fingerprint density at radius 1 is 0.889 bits per heavy atom. The van der Waals surface area contributed by atoms with Gasteiger partial charge in [0, 0.05) is 17.5 Å². The fraction of sp³-hybridized carbons (Fsp3) is 0.148. The van der Waals surface area contributed by atoms with E-state index in [4.69, 9.17) is 23.9 Å². The minimum Gasteiger partial charge on any atom is -0.508 e. The van der Waals surface area contributed by atoms with Crippen molar-refractivity contribution < 1.29 is 24.1 Å². The maximum absolute atomic E-state index is 10.1. The van der Waals surface area contributed by atoms with Crippen molar-refractivity contribution in [1.82, 2.24) is 19.6 Å². The van der Waals surface area contributed by atoms with E-state index in [1.54, 1.807) is 44.3 Å². The summed E-state index contributed by atoms with van der Waals surface area (Å²) in [7, 11) is 4.82. The molecule has 1 atom stereocenters. The summed E-state index contributed by atoms with van der Waals surface area (Å²) in [6.45, 7) is 0. The van der Waals surface area contributed by atoms with Gasteiger partial charge in [0.05, 0.1) is 32.5 Å². The van der Waals surface area contributed by atoms with Gasteiger partial charge in [-0.3, -0.25) is 0 Å². The lowest BCUT2D eigenvalue weighted by atomic mass is 9.83. The summed E-state index contributed by atoms with van der Waals surface area (Å²) in [5.41, 5.74) is 3.88. The van der Waals surface area contributed by atoms with E-state index in [1.807, 2.05) is 48.5 Å². The quantitative estimate of drug-likeness (QED) is 0.374. The monoisotopic (exact) mass is 482 g/mol. The summed E-state index contributed by atoms with van der Waals surface area (Å²) < 4.78 is 24.3. The average Bonchev–Trinajstić information content (AvgIpc) is 3.35. The Bertz CT molecular complexity index is 1610. The van der Waals surface area contributed by atoms with Gasteiger partial charge in [-0.15, -0.1) is 5.10 Å². The highest BCUT2D eigenvalue weighted by Gasteiger charge is 2.34. The first kappa shape index (κ1) is 21.7. The van der Waals surface area contributed by atoms with E-state index in [9.17, 15) is 5.11 Å². The predicted molar refractivity (Wildman–Crippen MR) is 131 cm³/mol. The summed E-state index contributed by atoms with van der Waals surface area (Å²) in [4.78, 5) is 9.44. The molecule has 0 amide bonds. The fourth-order valence-electron chi connectivity index (χ4n) is 4.63. The van der Waals surface area contributed by atoms with Gasteiger partial charge in [0.25, 0.3) is 0 Å². The number of nitrogens with zero attached hydrogens (tertiary/aromatic N) is 4. The van der Waals surface area contributed by atoms with Gasteiger partial charge in [-0.25, -0.2) is 14.5 Å². The summed E-state index contributed by atoms with van der Waals surface area (Å²) in [5, 5.41) is 14.8. The van der Waals surface area contributed by atoms with Crippen LogP contribution in [0.25, 0.3) is 17.0 Å². The molecular formula is C27H22N4O5. The molecule has 0 radical (unpaired) electrons. The second-order valence-electron chi connectivity index (χ2n) is 8.24. The first-order valence-corrected chi connectivity index (χ1v) is 11.2. The third kappa shape index (κ3) is 3.36. The molecule has 5 aromatic rings. The van der Waals surface area contributed by atoms with Gasteiger partial charge in [0.2, 0.25) is 5.88 Å². The molecule has 0 fully saturated rings. The number of hydrogen-bond donors (Lipinski definition) is 1. The number of aromatic hydroxyl groups is 1. The smallest absolute Gasteiger partial charge is 0.228 e. The molecule has 1 aliphatic rings. The van der Waals surface area contributed by atoms with Gasteiger partial charge < -0.3 is 24.1 Å². The Kier molecular flexibility index (Phi) is 5.10. The topological polar surface area (TPSA) is 100 Å². The highest BCUT2D eigenvalue weighted by Crippen LogP contribution is 2.49. The highest BCUT2D eigenvalue weighted by molar-refractivity contribution is 5.71. The van der Waals surface area contributed by atoms with Gasteiger partial charge in [-0.2, -0.15) is 0 Å². The number of phenolic OH excluding ortho intramolecular Hbond substituents is 1. The zero-order valence-corrected chi connectivity index (χ0v) is 19.8. The molecule has 1 aliphatic heterocycles.